The first kappa shape index (κ1) is 20.4. The number of nitrogens with zero attached hydrogens (tertiary/aromatic N) is 1. The van der Waals surface area contributed by atoms with Gasteiger partial charge in [-0.25, -0.2) is 8.42 Å². The molecule has 9 heteroatoms. The van der Waals surface area contributed by atoms with E-state index in [9.17, 15) is 13.2 Å². The van der Waals surface area contributed by atoms with Crippen LogP contribution < -0.4 is 14.4 Å². The Hall–Kier alpha value is -2.29. The number of aryl methyl sites for hydroxylation is 1. The van der Waals surface area contributed by atoms with Crippen molar-refractivity contribution in [1.82, 2.24) is 0 Å². The predicted octanol–water partition coefficient (Wildman–Crippen LogP) is 3.08. The largest absolute Gasteiger partial charge is 0.497 e. The van der Waals surface area contributed by atoms with Gasteiger partial charge in [-0.1, -0.05) is 11.6 Å². The van der Waals surface area contributed by atoms with Gasteiger partial charge in [0.25, 0.3) is 15.9 Å². The maximum Gasteiger partial charge on any atom is 0.263 e. The number of carbonyl (C=O) groups excluding carboxylic acids is 1. The van der Waals surface area contributed by atoms with Gasteiger partial charge in [-0.05, 0) is 48.7 Å². The molecule has 3 rings (SSSR count). The molecule has 150 valence electrons. The minimum atomic E-state index is -3.87. The number of rotatable bonds is 6. The van der Waals surface area contributed by atoms with Crippen molar-refractivity contribution in [2.75, 3.05) is 37.0 Å². The molecule has 0 aromatic heterocycles. The highest BCUT2D eigenvalue weighted by molar-refractivity contribution is 7.92. The fraction of sp³-hybridized carbons (Fsp3) is 0.316. The van der Waals surface area contributed by atoms with Crippen molar-refractivity contribution >= 4 is 38.9 Å². The quantitative estimate of drug-likeness (QED) is 0.770. The summed E-state index contributed by atoms with van der Waals surface area (Å²) in [7, 11) is -0.917. The van der Waals surface area contributed by atoms with E-state index in [0.29, 0.717) is 18.0 Å². The van der Waals surface area contributed by atoms with Gasteiger partial charge in [0.05, 0.1) is 12.1 Å². The highest BCUT2D eigenvalue weighted by Crippen LogP contribution is 2.32. The second kappa shape index (κ2) is 8.38. The van der Waals surface area contributed by atoms with Crippen LogP contribution in [-0.2, 0) is 26.0 Å². The summed E-state index contributed by atoms with van der Waals surface area (Å²) in [5.41, 5.74) is 2.09. The number of nitrogens with one attached hydrogen (secondary N) is 1. The van der Waals surface area contributed by atoms with E-state index in [1.165, 1.54) is 32.4 Å². The van der Waals surface area contributed by atoms with Crippen molar-refractivity contribution in [3.8, 4) is 5.75 Å². The van der Waals surface area contributed by atoms with E-state index < -0.39 is 10.0 Å². The molecule has 2 aromatic carbocycles. The minimum absolute atomic E-state index is 0.00376. The van der Waals surface area contributed by atoms with Crippen LogP contribution in [0.3, 0.4) is 0 Å². The molecule has 2 aromatic rings. The van der Waals surface area contributed by atoms with E-state index in [1.54, 1.807) is 23.1 Å². The van der Waals surface area contributed by atoms with Crippen LogP contribution in [0.5, 0.6) is 5.75 Å². The molecule has 0 fully saturated rings. The Labute approximate surface area is 169 Å². The van der Waals surface area contributed by atoms with Gasteiger partial charge in [-0.3, -0.25) is 9.52 Å². The van der Waals surface area contributed by atoms with Crippen LogP contribution in [0.25, 0.3) is 0 Å². The summed E-state index contributed by atoms with van der Waals surface area (Å²) in [6.07, 6.45) is 1.55. The van der Waals surface area contributed by atoms with Crippen molar-refractivity contribution in [1.29, 1.82) is 0 Å². The number of benzene rings is 2. The van der Waals surface area contributed by atoms with Crippen molar-refractivity contribution in [3.05, 3.63) is 47.0 Å². The van der Waals surface area contributed by atoms with Crippen LogP contribution in [0.4, 0.5) is 11.4 Å². The number of sulfonamides is 1. The molecule has 1 N–H and O–H groups in total. The summed E-state index contributed by atoms with van der Waals surface area (Å²) >= 11 is 6.10. The topological polar surface area (TPSA) is 84.9 Å². The third-order valence-corrected chi connectivity index (χ3v) is 6.31. The molecule has 28 heavy (non-hydrogen) atoms. The molecule has 7 nitrogen and oxygen atoms in total. The predicted molar refractivity (Wildman–Crippen MR) is 108 cm³/mol. The van der Waals surface area contributed by atoms with Gasteiger partial charge >= 0.3 is 0 Å². The molecule has 1 heterocycles. The van der Waals surface area contributed by atoms with E-state index in [-0.39, 0.29) is 22.4 Å². The molecule has 0 aliphatic carbocycles. The number of ether oxygens (including phenoxy) is 2. The van der Waals surface area contributed by atoms with Crippen molar-refractivity contribution in [2.45, 2.75) is 17.7 Å². The molecule has 0 saturated heterocycles. The summed E-state index contributed by atoms with van der Waals surface area (Å²) < 4.78 is 38.0. The molecule has 1 amide bonds. The second-order valence-corrected chi connectivity index (χ2v) is 8.39. The highest BCUT2D eigenvalue weighted by atomic mass is 35.5. The van der Waals surface area contributed by atoms with Crippen LogP contribution in [0, 0.1) is 0 Å². The Balaban J connectivity index is 1.86. The van der Waals surface area contributed by atoms with Gasteiger partial charge in [-0.2, -0.15) is 0 Å². The molecule has 0 spiro atoms. The second-order valence-electron chi connectivity index (χ2n) is 6.33. The number of hydrogen-bond donors (Lipinski definition) is 1. The third kappa shape index (κ3) is 4.24. The number of anilines is 2. The Morgan fingerprint density at radius 1 is 1.21 bits per heavy atom. The van der Waals surface area contributed by atoms with Crippen molar-refractivity contribution in [2.24, 2.45) is 0 Å². The number of methoxy groups -OCH3 is 2. The van der Waals surface area contributed by atoms with Gasteiger partial charge in [0.15, 0.2) is 0 Å². The van der Waals surface area contributed by atoms with Crippen LogP contribution in [0.2, 0.25) is 5.02 Å². The van der Waals surface area contributed by atoms with Gasteiger partial charge in [-0.15, -0.1) is 0 Å². The Morgan fingerprint density at radius 2 is 2.00 bits per heavy atom. The molecule has 0 bridgehead atoms. The van der Waals surface area contributed by atoms with E-state index in [1.807, 2.05) is 0 Å². The van der Waals surface area contributed by atoms with Crippen LogP contribution in [-0.4, -0.2) is 41.7 Å². The number of hydrogen-bond acceptors (Lipinski definition) is 5. The lowest BCUT2D eigenvalue weighted by Gasteiger charge is -2.29. The zero-order valence-corrected chi connectivity index (χ0v) is 17.1. The fourth-order valence-corrected chi connectivity index (χ4v) is 4.74. The molecular formula is C19H21ClN2O5S. The number of halogens is 1. The number of carbonyl (C=O) groups is 1. The monoisotopic (exact) mass is 424 g/mol. The number of amides is 1. The lowest BCUT2D eigenvalue weighted by atomic mass is 10.0. The van der Waals surface area contributed by atoms with E-state index in [2.05, 4.69) is 4.72 Å². The molecule has 0 saturated carbocycles. The first-order valence-electron chi connectivity index (χ1n) is 8.64. The van der Waals surface area contributed by atoms with Gasteiger partial charge < -0.3 is 14.4 Å². The lowest BCUT2D eigenvalue weighted by Crippen LogP contribution is -2.37. The SMILES string of the molecule is COCC(=O)N1CCCc2cc(NS(=O)(=O)c3ccc(OC)cc3Cl)ccc21. The fourth-order valence-electron chi connectivity index (χ4n) is 3.16. The Bertz CT molecular complexity index is 994. The summed E-state index contributed by atoms with van der Waals surface area (Å²) in [6, 6.07) is 9.50. The highest BCUT2D eigenvalue weighted by Gasteiger charge is 2.24. The maximum atomic E-state index is 12.7. The van der Waals surface area contributed by atoms with E-state index >= 15 is 0 Å². The summed E-state index contributed by atoms with van der Waals surface area (Å²) in [5, 5.41) is 0.0705. The normalized spacial score (nSPS) is 13.8. The van der Waals surface area contributed by atoms with Crippen LogP contribution in [0.1, 0.15) is 12.0 Å². The van der Waals surface area contributed by atoms with Crippen LogP contribution >= 0.6 is 11.6 Å². The van der Waals surface area contributed by atoms with E-state index in [4.69, 9.17) is 21.1 Å². The third-order valence-electron chi connectivity index (χ3n) is 4.45. The first-order valence-corrected chi connectivity index (χ1v) is 10.5. The zero-order valence-electron chi connectivity index (χ0n) is 15.6. The van der Waals surface area contributed by atoms with Crippen molar-refractivity contribution < 1.29 is 22.7 Å². The minimum Gasteiger partial charge on any atom is -0.497 e. The molecule has 1 aliphatic heterocycles. The molecule has 0 radical (unpaired) electrons. The van der Waals surface area contributed by atoms with E-state index in [0.717, 1.165) is 24.1 Å². The van der Waals surface area contributed by atoms with Gasteiger partial charge in [0.1, 0.15) is 17.3 Å². The standard InChI is InChI=1S/C19H21ClN2O5S/c1-26-12-19(23)22-9-3-4-13-10-14(5-7-17(13)22)21-28(24,25)18-8-6-15(27-2)11-16(18)20/h5-8,10-11,21H,3-4,9,12H2,1-2H3. The van der Waals surface area contributed by atoms with Gasteiger partial charge in [0.2, 0.25) is 0 Å². The Morgan fingerprint density at radius 3 is 2.68 bits per heavy atom. The molecule has 1 aliphatic rings. The maximum absolute atomic E-state index is 12.7. The smallest absolute Gasteiger partial charge is 0.263 e. The molecule has 0 unspecified atom stereocenters. The number of fused-ring (bicyclic) bond motifs is 1. The van der Waals surface area contributed by atoms with Crippen LogP contribution in [0.15, 0.2) is 41.3 Å². The van der Waals surface area contributed by atoms with Crippen molar-refractivity contribution in [3.63, 3.8) is 0 Å². The average Bonchev–Trinajstić information content (AvgIpc) is 2.66. The summed E-state index contributed by atoms with van der Waals surface area (Å²) in [6.45, 7) is 0.617. The lowest BCUT2D eigenvalue weighted by molar-refractivity contribution is -0.122. The average molecular weight is 425 g/mol. The molecular weight excluding hydrogens is 404 g/mol. The molecule has 0 atom stereocenters. The first-order chi connectivity index (χ1) is 13.4. The zero-order chi connectivity index (χ0) is 20.3. The summed E-state index contributed by atoms with van der Waals surface area (Å²) in [5.74, 6) is 0.348. The van der Waals surface area contributed by atoms with Gasteiger partial charge in [0, 0.05) is 31.1 Å². The summed E-state index contributed by atoms with van der Waals surface area (Å²) in [4.78, 5) is 13.8. The Kier molecular flexibility index (Phi) is 6.12.